The maximum Gasteiger partial charge on any atom is 0.251 e. The molecule has 0 unspecified atom stereocenters. The van der Waals surface area contributed by atoms with Gasteiger partial charge in [-0.25, -0.2) is 8.78 Å². The van der Waals surface area contributed by atoms with Gasteiger partial charge in [0.25, 0.3) is 6.43 Å². The van der Waals surface area contributed by atoms with E-state index in [1.165, 1.54) is 0 Å². The third-order valence-corrected chi connectivity index (χ3v) is 2.59. The number of nitrogens with zero attached hydrogens (tertiary/aromatic N) is 1. The molecular weight excluding hydrogens is 174 g/mol. The van der Waals surface area contributed by atoms with Gasteiger partial charge < -0.3 is 5.32 Å². The molecule has 0 saturated carbocycles. The molecule has 78 valence electrons. The Hall–Kier alpha value is -0.220. The molecule has 0 bridgehead atoms. The highest BCUT2D eigenvalue weighted by atomic mass is 19.3. The van der Waals surface area contributed by atoms with Gasteiger partial charge >= 0.3 is 0 Å². The summed E-state index contributed by atoms with van der Waals surface area (Å²) in [5.41, 5.74) is 0. The van der Waals surface area contributed by atoms with Gasteiger partial charge in [-0.2, -0.15) is 0 Å². The standard InChI is InChI=1S/C9H18F2N2/c1-2-8-3-4-12-5-6-13(8)7-9(10)11/h8-9,12H,2-7H2,1H3/t8-/m0/s1. The minimum atomic E-state index is -2.20. The largest absolute Gasteiger partial charge is 0.315 e. The van der Waals surface area contributed by atoms with Crippen LogP contribution in [0, 0.1) is 0 Å². The van der Waals surface area contributed by atoms with Crippen molar-refractivity contribution >= 4 is 0 Å². The molecule has 2 nitrogen and oxygen atoms in total. The molecule has 0 aromatic heterocycles. The van der Waals surface area contributed by atoms with Crippen molar-refractivity contribution in [2.24, 2.45) is 0 Å². The van der Waals surface area contributed by atoms with Gasteiger partial charge in [0, 0.05) is 19.1 Å². The van der Waals surface area contributed by atoms with Gasteiger partial charge in [-0.15, -0.1) is 0 Å². The van der Waals surface area contributed by atoms with Gasteiger partial charge in [0.05, 0.1) is 6.54 Å². The smallest absolute Gasteiger partial charge is 0.251 e. The van der Waals surface area contributed by atoms with Gasteiger partial charge in [-0.3, -0.25) is 4.90 Å². The third kappa shape index (κ3) is 3.56. The van der Waals surface area contributed by atoms with Crippen LogP contribution >= 0.6 is 0 Å². The van der Waals surface area contributed by atoms with E-state index in [-0.39, 0.29) is 6.54 Å². The van der Waals surface area contributed by atoms with Crippen molar-refractivity contribution in [1.82, 2.24) is 10.2 Å². The average Bonchev–Trinajstić information content (AvgIpc) is 2.28. The van der Waals surface area contributed by atoms with Crippen molar-refractivity contribution in [2.75, 3.05) is 26.2 Å². The van der Waals surface area contributed by atoms with E-state index in [4.69, 9.17) is 0 Å². The SMILES string of the molecule is CC[C@H]1CCNCCN1CC(F)F. The average molecular weight is 192 g/mol. The molecule has 0 amide bonds. The molecule has 1 saturated heterocycles. The summed E-state index contributed by atoms with van der Waals surface area (Å²) in [6.07, 6.45) is -0.246. The zero-order valence-corrected chi connectivity index (χ0v) is 8.10. The number of alkyl halides is 2. The lowest BCUT2D eigenvalue weighted by atomic mass is 10.1. The highest BCUT2D eigenvalue weighted by Crippen LogP contribution is 2.12. The molecule has 0 aliphatic carbocycles. The number of nitrogens with one attached hydrogen (secondary N) is 1. The summed E-state index contributed by atoms with van der Waals surface area (Å²) < 4.78 is 24.4. The van der Waals surface area contributed by atoms with Crippen LogP contribution in [-0.2, 0) is 0 Å². The predicted molar refractivity (Wildman–Crippen MR) is 49.1 cm³/mol. The quantitative estimate of drug-likeness (QED) is 0.725. The van der Waals surface area contributed by atoms with Gasteiger partial charge in [-0.1, -0.05) is 6.92 Å². The molecule has 1 N–H and O–H groups in total. The molecule has 0 spiro atoms. The van der Waals surface area contributed by atoms with Crippen molar-refractivity contribution in [3.63, 3.8) is 0 Å². The van der Waals surface area contributed by atoms with Crippen LogP contribution in [0.25, 0.3) is 0 Å². The van der Waals surface area contributed by atoms with Crippen molar-refractivity contribution in [2.45, 2.75) is 32.2 Å². The second-order valence-electron chi connectivity index (χ2n) is 3.49. The van der Waals surface area contributed by atoms with Crippen LogP contribution in [-0.4, -0.2) is 43.5 Å². The van der Waals surface area contributed by atoms with Gasteiger partial charge in [0.15, 0.2) is 0 Å². The first-order valence-corrected chi connectivity index (χ1v) is 4.97. The third-order valence-electron chi connectivity index (χ3n) is 2.59. The van der Waals surface area contributed by atoms with Crippen molar-refractivity contribution in [3.8, 4) is 0 Å². The molecular formula is C9H18F2N2. The molecule has 1 fully saturated rings. The lowest BCUT2D eigenvalue weighted by molar-refractivity contribution is 0.0677. The minimum Gasteiger partial charge on any atom is -0.315 e. The number of hydrogen-bond acceptors (Lipinski definition) is 2. The first-order valence-electron chi connectivity index (χ1n) is 4.97. The summed E-state index contributed by atoms with van der Waals surface area (Å²) in [5, 5.41) is 3.23. The monoisotopic (exact) mass is 192 g/mol. The molecule has 1 heterocycles. The summed E-state index contributed by atoms with van der Waals surface area (Å²) in [5.74, 6) is 0. The molecule has 13 heavy (non-hydrogen) atoms. The summed E-state index contributed by atoms with van der Waals surface area (Å²) in [6.45, 7) is 4.54. The van der Waals surface area contributed by atoms with E-state index < -0.39 is 6.43 Å². The molecule has 0 aromatic carbocycles. The number of halogens is 2. The Balaban J connectivity index is 2.44. The Morgan fingerprint density at radius 3 is 2.85 bits per heavy atom. The topological polar surface area (TPSA) is 15.3 Å². The van der Waals surface area contributed by atoms with E-state index in [2.05, 4.69) is 12.2 Å². The second kappa shape index (κ2) is 5.50. The Kier molecular flexibility index (Phi) is 4.59. The summed E-state index contributed by atoms with van der Waals surface area (Å²) in [4.78, 5) is 1.91. The minimum absolute atomic E-state index is 0.0693. The Bertz CT molecular complexity index is 142. The highest BCUT2D eigenvalue weighted by Gasteiger charge is 2.21. The van der Waals surface area contributed by atoms with Crippen LogP contribution in [0.3, 0.4) is 0 Å². The first-order chi connectivity index (χ1) is 6.24. The highest BCUT2D eigenvalue weighted by molar-refractivity contribution is 4.76. The van der Waals surface area contributed by atoms with Crippen molar-refractivity contribution in [3.05, 3.63) is 0 Å². The summed E-state index contributed by atoms with van der Waals surface area (Å²) in [6, 6.07) is 0.337. The van der Waals surface area contributed by atoms with E-state index in [0.717, 1.165) is 32.5 Å². The maximum atomic E-state index is 12.2. The van der Waals surface area contributed by atoms with Crippen LogP contribution in [0.1, 0.15) is 19.8 Å². The van der Waals surface area contributed by atoms with Crippen molar-refractivity contribution in [1.29, 1.82) is 0 Å². The molecule has 1 atom stereocenters. The number of rotatable bonds is 3. The fourth-order valence-electron chi connectivity index (χ4n) is 1.86. The van der Waals surface area contributed by atoms with Crippen molar-refractivity contribution < 1.29 is 8.78 Å². The van der Waals surface area contributed by atoms with Gasteiger partial charge in [0.1, 0.15) is 0 Å². The predicted octanol–water partition coefficient (Wildman–Crippen LogP) is 1.33. The van der Waals surface area contributed by atoms with Crippen LogP contribution in [0.4, 0.5) is 8.78 Å². The molecule has 1 aliphatic rings. The normalized spacial score (nSPS) is 26.3. The molecule has 4 heteroatoms. The molecule has 1 aliphatic heterocycles. The first kappa shape index (κ1) is 10.9. The summed E-state index contributed by atoms with van der Waals surface area (Å²) >= 11 is 0. The molecule has 0 aromatic rings. The van der Waals surface area contributed by atoms with Crippen LogP contribution in [0.2, 0.25) is 0 Å². The zero-order chi connectivity index (χ0) is 9.68. The fraction of sp³-hybridized carbons (Fsp3) is 1.00. The van der Waals surface area contributed by atoms with E-state index in [1.807, 2.05) is 4.90 Å². The zero-order valence-electron chi connectivity index (χ0n) is 8.10. The molecule has 1 rings (SSSR count). The van der Waals surface area contributed by atoms with E-state index in [0.29, 0.717) is 6.04 Å². The van der Waals surface area contributed by atoms with Crippen LogP contribution < -0.4 is 5.32 Å². The fourth-order valence-corrected chi connectivity index (χ4v) is 1.86. The Labute approximate surface area is 78.3 Å². The molecule has 0 radical (unpaired) electrons. The van der Waals surface area contributed by atoms with E-state index >= 15 is 0 Å². The van der Waals surface area contributed by atoms with Crippen LogP contribution in [0.5, 0.6) is 0 Å². The van der Waals surface area contributed by atoms with E-state index in [9.17, 15) is 8.78 Å². The Morgan fingerprint density at radius 1 is 1.46 bits per heavy atom. The second-order valence-corrected chi connectivity index (χ2v) is 3.49. The lowest BCUT2D eigenvalue weighted by Gasteiger charge is -2.28. The number of hydrogen-bond donors (Lipinski definition) is 1. The van der Waals surface area contributed by atoms with Gasteiger partial charge in [-0.05, 0) is 19.4 Å². The lowest BCUT2D eigenvalue weighted by Crippen LogP contribution is -2.39. The van der Waals surface area contributed by atoms with Gasteiger partial charge in [0.2, 0.25) is 0 Å². The Morgan fingerprint density at radius 2 is 2.23 bits per heavy atom. The maximum absolute atomic E-state index is 12.2. The summed E-state index contributed by atoms with van der Waals surface area (Å²) in [7, 11) is 0. The van der Waals surface area contributed by atoms with E-state index in [1.54, 1.807) is 0 Å². The van der Waals surface area contributed by atoms with Crippen LogP contribution in [0.15, 0.2) is 0 Å².